The van der Waals surface area contributed by atoms with E-state index in [1.165, 1.54) is 13.3 Å². The molecule has 5 rings (SSSR count). The molecule has 2 fully saturated rings. The van der Waals surface area contributed by atoms with Crippen molar-refractivity contribution in [3.8, 4) is 16.9 Å². The first-order valence-electron chi connectivity index (χ1n) is 11.3. The number of methoxy groups -OCH3 is 1. The fourth-order valence-corrected chi connectivity index (χ4v) is 4.04. The van der Waals surface area contributed by atoms with Gasteiger partial charge in [0.25, 0.3) is 5.91 Å². The molecule has 1 aromatic carbocycles. The van der Waals surface area contributed by atoms with Crippen molar-refractivity contribution in [1.82, 2.24) is 14.8 Å². The van der Waals surface area contributed by atoms with E-state index in [0.717, 1.165) is 24.0 Å². The third-order valence-corrected chi connectivity index (χ3v) is 6.09. The Morgan fingerprint density at radius 1 is 1.23 bits per heavy atom. The zero-order valence-electron chi connectivity index (χ0n) is 19.0. The molecule has 0 bridgehead atoms. The number of aromatic nitrogens is 3. The van der Waals surface area contributed by atoms with Crippen LogP contribution in [0.4, 0.5) is 21.6 Å². The first-order valence-corrected chi connectivity index (χ1v) is 11.3. The third-order valence-electron chi connectivity index (χ3n) is 6.09. The van der Waals surface area contributed by atoms with Crippen LogP contribution < -0.4 is 21.1 Å². The molecule has 1 saturated carbocycles. The maximum atomic E-state index is 14.1. The highest BCUT2D eigenvalue weighted by Gasteiger charge is 2.31. The number of benzene rings is 1. The maximum Gasteiger partial charge on any atom is 0.252 e. The van der Waals surface area contributed by atoms with Gasteiger partial charge in [-0.25, -0.2) is 9.37 Å². The number of alkyl halides is 1. The van der Waals surface area contributed by atoms with E-state index in [2.05, 4.69) is 20.7 Å². The molecule has 1 aliphatic carbocycles. The maximum absolute atomic E-state index is 14.1. The Morgan fingerprint density at radius 2 is 2.06 bits per heavy atom. The molecule has 4 N–H and O–H groups in total. The summed E-state index contributed by atoms with van der Waals surface area (Å²) in [5, 5.41) is 10.3. The van der Waals surface area contributed by atoms with Crippen LogP contribution in [0.25, 0.3) is 11.1 Å². The standard InChI is InChI=1S/C24H25FN6O4/c1-34-22-15(14-8-28-31(10-14)20-12-35-11-17(20)25)3-2-4-18(22)29-19-7-21(27-9-16(19)23(26)32)30-24(33)13-5-6-13/h2-4,7-10,13,17,20H,5-6,11-12H2,1H3,(H2,26,32)(H2,27,29,30,33)/t17-,20?/m1/s1. The van der Waals surface area contributed by atoms with E-state index in [1.807, 2.05) is 12.1 Å². The molecular formula is C24H25FN6O4. The van der Waals surface area contributed by atoms with E-state index in [-0.39, 0.29) is 30.6 Å². The molecule has 35 heavy (non-hydrogen) atoms. The van der Waals surface area contributed by atoms with Crippen LogP contribution in [0.2, 0.25) is 0 Å². The fourth-order valence-electron chi connectivity index (χ4n) is 4.04. The van der Waals surface area contributed by atoms with E-state index in [4.69, 9.17) is 15.2 Å². The van der Waals surface area contributed by atoms with E-state index in [9.17, 15) is 14.0 Å². The monoisotopic (exact) mass is 480 g/mol. The molecule has 2 amide bonds. The summed E-state index contributed by atoms with van der Waals surface area (Å²) in [6.07, 6.45) is 5.31. The second kappa shape index (κ2) is 9.34. The van der Waals surface area contributed by atoms with Crippen molar-refractivity contribution in [2.75, 3.05) is 31.0 Å². The summed E-state index contributed by atoms with van der Waals surface area (Å²) in [6, 6.07) is 6.53. The van der Waals surface area contributed by atoms with Crippen LogP contribution in [0, 0.1) is 5.92 Å². The number of nitrogens with two attached hydrogens (primary N) is 1. The molecule has 1 unspecified atom stereocenters. The van der Waals surface area contributed by atoms with Gasteiger partial charge >= 0.3 is 0 Å². The first-order chi connectivity index (χ1) is 16.9. The summed E-state index contributed by atoms with van der Waals surface area (Å²) >= 11 is 0. The summed E-state index contributed by atoms with van der Waals surface area (Å²) in [4.78, 5) is 28.3. The number of carbonyl (C=O) groups is 2. The van der Waals surface area contributed by atoms with E-state index in [1.54, 1.807) is 29.2 Å². The lowest BCUT2D eigenvalue weighted by atomic mass is 10.1. The van der Waals surface area contributed by atoms with Gasteiger partial charge in [-0.3, -0.25) is 14.3 Å². The highest BCUT2D eigenvalue weighted by Crippen LogP contribution is 2.39. The largest absolute Gasteiger partial charge is 0.494 e. The number of rotatable bonds is 8. The molecular weight excluding hydrogens is 455 g/mol. The number of hydrogen-bond acceptors (Lipinski definition) is 7. The predicted octanol–water partition coefficient (Wildman–Crippen LogP) is 3.05. The van der Waals surface area contributed by atoms with Gasteiger partial charge in [0.2, 0.25) is 5.91 Å². The lowest BCUT2D eigenvalue weighted by molar-refractivity contribution is -0.117. The Morgan fingerprint density at radius 3 is 2.74 bits per heavy atom. The predicted molar refractivity (Wildman–Crippen MR) is 126 cm³/mol. The number of anilines is 3. The van der Waals surface area contributed by atoms with Gasteiger partial charge in [-0.1, -0.05) is 12.1 Å². The smallest absolute Gasteiger partial charge is 0.252 e. The average Bonchev–Trinajstić information content (AvgIpc) is 3.44. The molecule has 2 aromatic heterocycles. The summed E-state index contributed by atoms with van der Waals surface area (Å²) in [7, 11) is 1.53. The Kier molecular flexibility index (Phi) is 6.08. The summed E-state index contributed by atoms with van der Waals surface area (Å²) in [6.45, 7) is 0.318. The third kappa shape index (κ3) is 4.67. The fraction of sp³-hybridized carbons (Fsp3) is 0.333. The number of ether oxygens (including phenoxy) is 2. The van der Waals surface area contributed by atoms with E-state index < -0.39 is 18.1 Å². The number of nitrogens with one attached hydrogen (secondary N) is 2. The first kappa shape index (κ1) is 22.8. The summed E-state index contributed by atoms with van der Waals surface area (Å²) < 4.78 is 26.6. The normalized spacial score (nSPS) is 19.4. The van der Waals surface area contributed by atoms with Gasteiger partial charge in [-0.05, 0) is 18.9 Å². The number of hydrogen-bond donors (Lipinski definition) is 3. The van der Waals surface area contributed by atoms with Crippen LogP contribution >= 0.6 is 0 Å². The number of carbonyl (C=O) groups excluding carboxylic acids is 2. The Hall–Kier alpha value is -3.99. The van der Waals surface area contributed by atoms with Crippen molar-refractivity contribution in [1.29, 1.82) is 0 Å². The molecule has 1 aliphatic heterocycles. The lowest BCUT2D eigenvalue weighted by Crippen LogP contribution is -2.18. The van der Waals surface area contributed by atoms with Crippen LogP contribution in [0.1, 0.15) is 29.2 Å². The molecule has 2 atom stereocenters. The van der Waals surface area contributed by atoms with Crippen molar-refractivity contribution in [3.05, 3.63) is 48.4 Å². The molecule has 11 heteroatoms. The van der Waals surface area contributed by atoms with Crippen molar-refractivity contribution in [2.24, 2.45) is 11.7 Å². The molecule has 0 spiro atoms. The van der Waals surface area contributed by atoms with Gasteiger partial charge in [0, 0.05) is 35.5 Å². The molecule has 1 saturated heterocycles. The number of para-hydroxylation sites is 1. The van der Waals surface area contributed by atoms with Gasteiger partial charge in [0.15, 0.2) is 0 Å². The molecule has 2 aliphatic rings. The van der Waals surface area contributed by atoms with Gasteiger partial charge in [0.1, 0.15) is 23.8 Å². The van der Waals surface area contributed by atoms with E-state index >= 15 is 0 Å². The van der Waals surface area contributed by atoms with Crippen molar-refractivity contribution >= 4 is 29.0 Å². The number of pyridine rings is 1. The van der Waals surface area contributed by atoms with Crippen LogP contribution in [-0.2, 0) is 9.53 Å². The quantitative estimate of drug-likeness (QED) is 0.451. The average molecular weight is 481 g/mol. The molecule has 3 aromatic rings. The Balaban J connectivity index is 1.46. The summed E-state index contributed by atoms with van der Waals surface area (Å²) in [5.41, 5.74) is 8.08. The summed E-state index contributed by atoms with van der Waals surface area (Å²) in [5.74, 6) is 0.0314. The molecule has 182 valence electrons. The van der Waals surface area contributed by atoms with Crippen LogP contribution in [0.3, 0.4) is 0 Å². The Labute approximate surface area is 200 Å². The second-order valence-electron chi connectivity index (χ2n) is 8.58. The molecule has 10 nitrogen and oxygen atoms in total. The molecule has 3 heterocycles. The Bertz CT molecular complexity index is 1270. The zero-order chi connectivity index (χ0) is 24.5. The van der Waals surface area contributed by atoms with Crippen molar-refractivity contribution in [3.63, 3.8) is 0 Å². The van der Waals surface area contributed by atoms with E-state index in [0.29, 0.717) is 22.9 Å². The number of amides is 2. The SMILES string of the molecule is COc1c(Nc2cc(NC(=O)C3CC3)ncc2C(N)=O)cccc1-c1cnn(C2COC[C@H]2F)c1. The van der Waals surface area contributed by atoms with Gasteiger partial charge in [-0.15, -0.1) is 0 Å². The number of primary amides is 1. The zero-order valence-corrected chi connectivity index (χ0v) is 19.0. The van der Waals surface area contributed by atoms with Crippen LogP contribution in [0.15, 0.2) is 42.9 Å². The van der Waals surface area contributed by atoms with Gasteiger partial charge in [-0.2, -0.15) is 5.10 Å². The minimum atomic E-state index is -1.12. The highest BCUT2D eigenvalue weighted by molar-refractivity contribution is 6.01. The second-order valence-corrected chi connectivity index (χ2v) is 8.58. The number of halogens is 1. The highest BCUT2D eigenvalue weighted by atomic mass is 19.1. The minimum absolute atomic E-state index is 0.00480. The van der Waals surface area contributed by atoms with Gasteiger partial charge in [0.05, 0.1) is 43.5 Å². The van der Waals surface area contributed by atoms with Crippen LogP contribution in [0.5, 0.6) is 5.75 Å². The topological polar surface area (TPSA) is 133 Å². The van der Waals surface area contributed by atoms with Crippen molar-refractivity contribution < 1.29 is 23.5 Å². The van der Waals surface area contributed by atoms with Crippen molar-refractivity contribution in [2.45, 2.75) is 25.1 Å². The minimum Gasteiger partial charge on any atom is -0.494 e. The lowest BCUT2D eigenvalue weighted by Gasteiger charge is -2.17. The van der Waals surface area contributed by atoms with Gasteiger partial charge < -0.3 is 25.8 Å². The van der Waals surface area contributed by atoms with Crippen LogP contribution in [-0.4, -0.2) is 53.1 Å². The molecule has 0 radical (unpaired) electrons. The number of nitrogens with zero attached hydrogens (tertiary/aromatic N) is 3.